The van der Waals surface area contributed by atoms with Gasteiger partial charge in [0.2, 0.25) is 0 Å². The maximum atomic E-state index is 3.92. The Hall–Kier alpha value is -0.310. The smallest absolute Gasteiger partial charge is 0.0632 e. The van der Waals surface area contributed by atoms with Crippen LogP contribution >= 0.6 is 15.9 Å². The fraction of sp³-hybridized carbons (Fsp3) is 0.667. The molecule has 0 aliphatic carbocycles. The summed E-state index contributed by atoms with van der Waals surface area (Å²) in [5, 5.41) is 6.86. The van der Waals surface area contributed by atoms with E-state index < -0.39 is 0 Å². The van der Waals surface area contributed by atoms with Crippen LogP contribution in [0.3, 0.4) is 0 Å². The molecule has 1 aromatic heterocycles. The summed E-state index contributed by atoms with van der Waals surface area (Å²) in [6, 6.07) is 0. The summed E-state index contributed by atoms with van der Waals surface area (Å²) in [6.07, 6.45) is 1.78. The van der Waals surface area contributed by atoms with Crippen molar-refractivity contribution in [2.45, 2.75) is 40.0 Å². The van der Waals surface area contributed by atoms with E-state index in [1.165, 1.54) is 0 Å². The lowest BCUT2D eigenvalue weighted by Gasteiger charge is -2.15. The molecule has 12 heavy (non-hydrogen) atoms. The van der Waals surface area contributed by atoms with Crippen LogP contribution in [0.2, 0.25) is 0 Å². The van der Waals surface area contributed by atoms with E-state index in [9.17, 15) is 0 Å². The molecule has 0 atom stereocenters. The van der Waals surface area contributed by atoms with Gasteiger partial charge >= 0.3 is 0 Å². The first kappa shape index (κ1) is 11.7. The van der Waals surface area contributed by atoms with E-state index in [2.05, 4.69) is 46.9 Å². The zero-order valence-electron chi connectivity index (χ0n) is 8.40. The first-order valence-electron chi connectivity index (χ1n) is 4.21. The first-order valence-corrected chi connectivity index (χ1v) is 5.00. The normalized spacial score (nSPS) is 10.5. The van der Waals surface area contributed by atoms with Crippen LogP contribution in [0.15, 0.2) is 10.7 Å². The molecule has 1 N–H and O–H groups in total. The van der Waals surface area contributed by atoms with Gasteiger partial charge in [0.25, 0.3) is 0 Å². The molecule has 70 valence electrons. The molecule has 1 rings (SSSR count). The molecule has 0 spiro atoms. The molecule has 0 saturated heterocycles. The van der Waals surface area contributed by atoms with Crippen LogP contribution in [0.1, 0.15) is 40.3 Å². The molecule has 1 heterocycles. The minimum absolute atomic E-state index is 0.148. The number of rotatable bonds is 0. The fourth-order valence-electron chi connectivity index (χ4n) is 0.797. The monoisotopic (exact) mass is 232 g/mol. The molecule has 0 aliphatic rings. The third-order valence-electron chi connectivity index (χ3n) is 1.34. The highest BCUT2D eigenvalue weighted by molar-refractivity contribution is 9.10. The number of nitrogens with one attached hydrogen (secondary N) is 1. The summed E-state index contributed by atoms with van der Waals surface area (Å²) in [7, 11) is 0. The molecule has 0 saturated carbocycles. The van der Waals surface area contributed by atoms with Crippen molar-refractivity contribution in [2.24, 2.45) is 0 Å². The van der Waals surface area contributed by atoms with E-state index in [1.807, 2.05) is 13.8 Å². The number of H-pyrrole nitrogens is 1. The molecule has 0 aromatic carbocycles. The van der Waals surface area contributed by atoms with Gasteiger partial charge in [0, 0.05) is 5.41 Å². The molecular formula is C9H17BrN2. The van der Waals surface area contributed by atoms with E-state index in [-0.39, 0.29) is 5.41 Å². The number of halogens is 1. The van der Waals surface area contributed by atoms with Crippen molar-refractivity contribution in [2.75, 3.05) is 0 Å². The van der Waals surface area contributed by atoms with Gasteiger partial charge in [-0.15, -0.1) is 0 Å². The van der Waals surface area contributed by atoms with Crippen LogP contribution < -0.4 is 0 Å². The van der Waals surface area contributed by atoms with Crippen molar-refractivity contribution >= 4 is 15.9 Å². The Balaban J connectivity index is 0.000000561. The summed E-state index contributed by atoms with van der Waals surface area (Å²) in [6.45, 7) is 10.4. The highest BCUT2D eigenvalue weighted by Gasteiger charge is 2.18. The Kier molecular flexibility index (Phi) is 4.53. The number of aromatic nitrogens is 2. The average molecular weight is 233 g/mol. The first-order chi connectivity index (χ1) is 5.52. The Morgan fingerprint density at radius 1 is 1.33 bits per heavy atom. The zero-order valence-corrected chi connectivity index (χ0v) is 9.99. The Labute approximate surface area is 82.9 Å². The molecular weight excluding hydrogens is 216 g/mol. The maximum Gasteiger partial charge on any atom is 0.0632 e. The van der Waals surface area contributed by atoms with Crippen LogP contribution in [-0.4, -0.2) is 10.2 Å². The van der Waals surface area contributed by atoms with Gasteiger partial charge < -0.3 is 0 Å². The molecule has 0 amide bonds. The molecule has 0 radical (unpaired) electrons. The topological polar surface area (TPSA) is 28.7 Å². The van der Waals surface area contributed by atoms with Gasteiger partial charge in [0.15, 0.2) is 0 Å². The second-order valence-corrected chi connectivity index (χ2v) is 4.20. The molecule has 0 aliphatic heterocycles. The van der Waals surface area contributed by atoms with Gasteiger partial charge in [-0.25, -0.2) is 0 Å². The second-order valence-electron chi connectivity index (χ2n) is 3.34. The van der Waals surface area contributed by atoms with E-state index in [0.29, 0.717) is 0 Å². The zero-order chi connectivity index (χ0) is 9.78. The summed E-state index contributed by atoms with van der Waals surface area (Å²) in [5.74, 6) is 0. The van der Waals surface area contributed by atoms with Crippen LogP contribution in [0.5, 0.6) is 0 Å². The molecule has 3 heteroatoms. The third kappa shape index (κ3) is 2.97. The van der Waals surface area contributed by atoms with Gasteiger partial charge in [0.05, 0.1) is 16.4 Å². The predicted octanol–water partition coefficient (Wildman–Crippen LogP) is 3.50. The maximum absolute atomic E-state index is 3.92. The average Bonchev–Trinajstić information content (AvgIpc) is 2.38. The number of hydrogen-bond acceptors (Lipinski definition) is 1. The van der Waals surface area contributed by atoms with Crippen molar-refractivity contribution < 1.29 is 0 Å². The summed E-state index contributed by atoms with van der Waals surface area (Å²) in [5.41, 5.74) is 1.29. The summed E-state index contributed by atoms with van der Waals surface area (Å²) >= 11 is 3.41. The lowest BCUT2D eigenvalue weighted by atomic mass is 9.93. The van der Waals surface area contributed by atoms with Crippen LogP contribution in [0, 0.1) is 0 Å². The Morgan fingerprint density at radius 2 is 1.83 bits per heavy atom. The minimum Gasteiger partial charge on any atom is -0.281 e. The van der Waals surface area contributed by atoms with Crippen molar-refractivity contribution in [3.8, 4) is 0 Å². The minimum atomic E-state index is 0.148. The molecule has 1 aromatic rings. The van der Waals surface area contributed by atoms with Gasteiger partial charge in [-0.1, -0.05) is 34.6 Å². The summed E-state index contributed by atoms with van der Waals surface area (Å²) in [4.78, 5) is 0. The highest BCUT2D eigenvalue weighted by atomic mass is 79.9. The SMILES string of the molecule is CC.CC(C)(C)c1[nH]ncc1Br. The quantitative estimate of drug-likeness (QED) is 0.729. The van der Waals surface area contributed by atoms with E-state index in [0.717, 1.165) is 10.2 Å². The van der Waals surface area contributed by atoms with Crippen LogP contribution in [0.25, 0.3) is 0 Å². The van der Waals surface area contributed by atoms with Gasteiger partial charge in [0.1, 0.15) is 0 Å². The Morgan fingerprint density at radius 3 is 2.00 bits per heavy atom. The van der Waals surface area contributed by atoms with Crippen LogP contribution in [-0.2, 0) is 5.41 Å². The number of aromatic amines is 1. The highest BCUT2D eigenvalue weighted by Crippen LogP contribution is 2.26. The molecule has 2 nitrogen and oxygen atoms in total. The Bertz CT molecular complexity index is 223. The van der Waals surface area contributed by atoms with Crippen molar-refractivity contribution in [3.05, 3.63) is 16.4 Å². The lowest BCUT2D eigenvalue weighted by Crippen LogP contribution is -2.12. The second kappa shape index (κ2) is 4.65. The number of nitrogens with zero attached hydrogens (tertiary/aromatic N) is 1. The predicted molar refractivity (Wildman–Crippen MR) is 56.3 cm³/mol. The fourth-order valence-corrected chi connectivity index (χ4v) is 1.58. The van der Waals surface area contributed by atoms with E-state index in [1.54, 1.807) is 6.20 Å². The van der Waals surface area contributed by atoms with E-state index in [4.69, 9.17) is 0 Å². The van der Waals surface area contributed by atoms with E-state index >= 15 is 0 Å². The molecule has 0 unspecified atom stereocenters. The van der Waals surface area contributed by atoms with Crippen LogP contribution in [0.4, 0.5) is 0 Å². The third-order valence-corrected chi connectivity index (χ3v) is 1.94. The van der Waals surface area contributed by atoms with Crippen molar-refractivity contribution in [1.29, 1.82) is 0 Å². The largest absolute Gasteiger partial charge is 0.281 e. The lowest BCUT2D eigenvalue weighted by molar-refractivity contribution is 0.564. The standard InChI is InChI=1S/C7H11BrN2.C2H6/c1-7(2,3)6-5(8)4-9-10-6;1-2/h4H,1-3H3,(H,9,10);1-2H3. The van der Waals surface area contributed by atoms with Gasteiger partial charge in [-0.2, -0.15) is 5.10 Å². The van der Waals surface area contributed by atoms with Crippen molar-refractivity contribution in [3.63, 3.8) is 0 Å². The van der Waals surface area contributed by atoms with Gasteiger partial charge in [-0.3, -0.25) is 5.10 Å². The molecule has 0 fully saturated rings. The van der Waals surface area contributed by atoms with Crippen molar-refractivity contribution in [1.82, 2.24) is 10.2 Å². The summed E-state index contributed by atoms with van der Waals surface area (Å²) < 4.78 is 1.06. The molecule has 0 bridgehead atoms. The number of hydrogen-bond donors (Lipinski definition) is 1. The van der Waals surface area contributed by atoms with Gasteiger partial charge in [-0.05, 0) is 15.9 Å².